The number of hydrogen-bond acceptors (Lipinski definition) is 4. The number of hydrogen-bond donors (Lipinski definition) is 2. The zero-order valence-electron chi connectivity index (χ0n) is 14.3. The summed E-state index contributed by atoms with van der Waals surface area (Å²) in [6.45, 7) is 0.0452. The number of anilines is 1. The lowest BCUT2D eigenvalue weighted by Crippen LogP contribution is -2.21. The number of nitrogens with one attached hydrogen (secondary N) is 1. The lowest BCUT2D eigenvalue weighted by molar-refractivity contribution is -0.137. The molecule has 0 atom stereocenters. The molecule has 0 aliphatic carbocycles. The molecule has 0 bridgehead atoms. The first kappa shape index (κ1) is 22.8. The van der Waals surface area contributed by atoms with Gasteiger partial charge in [0.15, 0.2) is 0 Å². The largest absolute Gasteiger partial charge is 0.491 e. The van der Waals surface area contributed by atoms with Crippen LogP contribution in [0.5, 0.6) is 5.75 Å². The summed E-state index contributed by atoms with van der Waals surface area (Å²) in [4.78, 5) is 11.8. The molecule has 1 amide bonds. The Kier molecular flexibility index (Phi) is 9.07. The monoisotopic (exact) mass is 404 g/mol. The molecule has 0 aliphatic heterocycles. The number of nitrogens with two attached hydrogens (primary N) is 1. The van der Waals surface area contributed by atoms with E-state index in [0.717, 1.165) is 12.1 Å². The zero-order chi connectivity index (χ0) is 19.0. The Labute approximate surface area is 161 Å². The van der Waals surface area contributed by atoms with Gasteiger partial charge < -0.3 is 20.5 Å². The van der Waals surface area contributed by atoms with Crippen molar-refractivity contribution >= 4 is 24.0 Å². The van der Waals surface area contributed by atoms with Gasteiger partial charge in [-0.2, -0.15) is 13.2 Å². The van der Waals surface area contributed by atoms with Gasteiger partial charge in [-0.3, -0.25) is 4.79 Å². The molecule has 2 rings (SSSR count). The molecular weight excluding hydrogens is 385 g/mol. The number of halogens is 4. The van der Waals surface area contributed by atoms with E-state index in [9.17, 15) is 18.0 Å². The number of benzene rings is 2. The summed E-state index contributed by atoms with van der Waals surface area (Å²) in [7, 11) is 0. The Balaban J connectivity index is 0.00000364. The van der Waals surface area contributed by atoms with Gasteiger partial charge in [-0.25, -0.2) is 0 Å². The molecule has 0 saturated heterocycles. The minimum atomic E-state index is -4.52. The summed E-state index contributed by atoms with van der Waals surface area (Å²) in [6.07, 6.45) is -4.52. The van der Waals surface area contributed by atoms with E-state index in [0.29, 0.717) is 5.75 Å². The maximum Gasteiger partial charge on any atom is 0.416 e. The molecule has 0 aliphatic rings. The SMILES string of the molecule is Cl.NCc1cc(NC(=O)COCCOc2ccccc2)cc(C(F)(F)F)c1. The maximum atomic E-state index is 12.9. The number of rotatable bonds is 8. The van der Waals surface area contributed by atoms with E-state index in [-0.39, 0.29) is 50.0 Å². The highest BCUT2D eigenvalue weighted by Crippen LogP contribution is 2.31. The first-order chi connectivity index (χ1) is 12.4. The van der Waals surface area contributed by atoms with Crippen LogP contribution in [0.4, 0.5) is 18.9 Å². The zero-order valence-corrected chi connectivity index (χ0v) is 15.1. The van der Waals surface area contributed by atoms with Crippen molar-refractivity contribution in [1.29, 1.82) is 0 Å². The molecule has 0 spiro atoms. The number of ether oxygens (including phenoxy) is 2. The number of amides is 1. The van der Waals surface area contributed by atoms with E-state index in [1.807, 2.05) is 18.2 Å². The summed E-state index contributed by atoms with van der Waals surface area (Å²) in [6, 6.07) is 12.3. The fraction of sp³-hybridized carbons (Fsp3) is 0.278. The van der Waals surface area contributed by atoms with Gasteiger partial charge >= 0.3 is 6.18 Å². The van der Waals surface area contributed by atoms with E-state index in [1.54, 1.807) is 12.1 Å². The van der Waals surface area contributed by atoms with Crippen LogP contribution in [0.3, 0.4) is 0 Å². The molecule has 5 nitrogen and oxygen atoms in total. The molecule has 0 unspecified atom stereocenters. The van der Waals surface area contributed by atoms with Crippen LogP contribution in [0.1, 0.15) is 11.1 Å². The first-order valence-corrected chi connectivity index (χ1v) is 7.85. The van der Waals surface area contributed by atoms with Gasteiger partial charge in [0, 0.05) is 12.2 Å². The van der Waals surface area contributed by atoms with Crippen molar-refractivity contribution in [2.75, 3.05) is 25.1 Å². The summed E-state index contributed by atoms with van der Waals surface area (Å²) >= 11 is 0. The van der Waals surface area contributed by atoms with Crippen LogP contribution in [-0.2, 0) is 22.3 Å². The van der Waals surface area contributed by atoms with Crippen molar-refractivity contribution < 1.29 is 27.4 Å². The molecular formula is C18H20ClF3N2O3. The van der Waals surface area contributed by atoms with Crippen LogP contribution in [0, 0.1) is 0 Å². The molecule has 148 valence electrons. The number of para-hydroxylation sites is 1. The van der Waals surface area contributed by atoms with Crippen LogP contribution < -0.4 is 15.8 Å². The Morgan fingerprint density at radius 2 is 1.78 bits per heavy atom. The van der Waals surface area contributed by atoms with Gasteiger partial charge in [-0.1, -0.05) is 18.2 Å². The molecule has 0 aromatic heterocycles. The summed E-state index contributed by atoms with van der Waals surface area (Å²) in [5.41, 5.74) is 4.83. The molecule has 2 aromatic carbocycles. The van der Waals surface area contributed by atoms with E-state index in [4.69, 9.17) is 15.2 Å². The van der Waals surface area contributed by atoms with Crippen molar-refractivity contribution in [3.63, 3.8) is 0 Å². The third-order valence-electron chi connectivity index (χ3n) is 3.31. The first-order valence-electron chi connectivity index (χ1n) is 7.85. The van der Waals surface area contributed by atoms with Crippen LogP contribution in [0.25, 0.3) is 0 Å². The van der Waals surface area contributed by atoms with Crippen molar-refractivity contribution in [1.82, 2.24) is 0 Å². The number of carbonyl (C=O) groups is 1. The molecule has 0 radical (unpaired) electrons. The lowest BCUT2D eigenvalue weighted by atomic mass is 10.1. The van der Waals surface area contributed by atoms with Crippen molar-refractivity contribution in [3.05, 3.63) is 59.7 Å². The Hall–Kier alpha value is -2.29. The predicted octanol–water partition coefficient (Wildman–Crippen LogP) is 3.62. The molecule has 27 heavy (non-hydrogen) atoms. The highest BCUT2D eigenvalue weighted by molar-refractivity contribution is 5.91. The van der Waals surface area contributed by atoms with Crippen molar-refractivity contribution in [3.8, 4) is 5.75 Å². The van der Waals surface area contributed by atoms with Crippen LogP contribution in [-0.4, -0.2) is 25.7 Å². The third-order valence-corrected chi connectivity index (χ3v) is 3.31. The fourth-order valence-electron chi connectivity index (χ4n) is 2.14. The Morgan fingerprint density at radius 3 is 2.41 bits per heavy atom. The Morgan fingerprint density at radius 1 is 1.07 bits per heavy atom. The van der Waals surface area contributed by atoms with Gasteiger partial charge in [-0.15, -0.1) is 12.4 Å². The molecule has 9 heteroatoms. The molecule has 0 heterocycles. The maximum absolute atomic E-state index is 12.9. The van der Waals surface area contributed by atoms with Gasteiger partial charge in [0.1, 0.15) is 19.0 Å². The predicted molar refractivity (Wildman–Crippen MR) is 98.0 cm³/mol. The smallest absolute Gasteiger partial charge is 0.416 e. The average Bonchev–Trinajstić information content (AvgIpc) is 2.61. The topological polar surface area (TPSA) is 73.6 Å². The average molecular weight is 405 g/mol. The van der Waals surface area contributed by atoms with Gasteiger partial charge in [0.05, 0.1) is 12.2 Å². The van der Waals surface area contributed by atoms with E-state index < -0.39 is 17.6 Å². The minimum Gasteiger partial charge on any atom is -0.491 e. The molecule has 0 saturated carbocycles. The second-order valence-corrected chi connectivity index (χ2v) is 5.38. The lowest BCUT2D eigenvalue weighted by Gasteiger charge is -2.12. The standard InChI is InChI=1S/C18H19F3N2O3.ClH/c19-18(20,21)14-8-13(11-22)9-15(10-14)23-17(24)12-25-6-7-26-16-4-2-1-3-5-16;/h1-5,8-10H,6-7,11-12,22H2,(H,23,24);1H. The highest BCUT2D eigenvalue weighted by atomic mass is 35.5. The van der Waals surface area contributed by atoms with Crippen molar-refractivity contribution in [2.24, 2.45) is 5.73 Å². The van der Waals surface area contributed by atoms with Crippen LogP contribution in [0.2, 0.25) is 0 Å². The van der Waals surface area contributed by atoms with Gasteiger partial charge in [0.25, 0.3) is 0 Å². The Bertz CT molecular complexity index is 728. The summed E-state index contributed by atoms with van der Waals surface area (Å²) < 4.78 is 49.1. The second-order valence-electron chi connectivity index (χ2n) is 5.38. The fourth-order valence-corrected chi connectivity index (χ4v) is 2.14. The third kappa shape index (κ3) is 7.86. The van der Waals surface area contributed by atoms with E-state index >= 15 is 0 Å². The quantitative estimate of drug-likeness (QED) is 0.659. The second kappa shape index (κ2) is 10.8. The number of carbonyl (C=O) groups excluding carboxylic acids is 1. The van der Waals surface area contributed by atoms with Crippen molar-refractivity contribution in [2.45, 2.75) is 12.7 Å². The molecule has 2 aromatic rings. The molecule has 0 fully saturated rings. The summed E-state index contributed by atoms with van der Waals surface area (Å²) in [5.74, 6) is 0.117. The van der Waals surface area contributed by atoms with E-state index in [1.165, 1.54) is 6.07 Å². The van der Waals surface area contributed by atoms with E-state index in [2.05, 4.69) is 5.32 Å². The normalized spacial score (nSPS) is 10.8. The van der Waals surface area contributed by atoms with Crippen LogP contribution in [0.15, 0.2) is 48.5 Å². The van der Waals surface area contributed by atoms with Crippen LogP contribution >= 0.6 is 12.4 Å². The molecule has 3 N–H and O–H groups in total. The minimum absolute atomic E-state index is 0. The summed E-state index contributed by atoms with van der Waals surface area (Å²) in [5, 5.41) is 2.38. The highest BCUT2D eigenvalue weighted by Gasteiger charge is 2.31. The number of alkyl halides is 3. The van der Waals surface area contributed by atoms with Gasteiger partial charge in [0.2, 0.25) is 5.91 Å². The van der Waals surface area contributed by atoms with Gasteiger partial charge in [-0.05, 0) is 35.9 Å².